The maximum Gasteiger partial charge on any atom is 0.243 e. The Kier molecular flexibility index (Phi) is 8.75. The number of halogens is 1. The first-order valence-corrected chi connectivity index (χ1v) is 14.3. The predicted octanol–water partition coefficient (Wildman–Crippen LogP) is 6.30. The Morgan fingerprint density at radius 2 is 1.84 bits per heavy atom. The van der Waals surface area contributed by atoms with Crippen molar-refractivity contribution >= 4 is 27.3 Å². The highest BCUT2D eigenvalue weighted by Crippen LogP contribution is 2.34. The Morgan fingerprint density at radius 1 is 1.11 bits per heavy atom. The molecule has 1 heterocycles. The Hall–Kier alpha value is -3.06. The van der Waals surface area contributed by atoms with Crippen LogP contribution in [0.15, 0.2) is 102 Å². The Labute approximate surface area is 226 Å². The Bertz CT molecular complexity index is 1370. The van der Waals surface area contributed by atoms with Gasteiger partial charge in [0.1, 0.15) is 0 Å². The minimum absolute atomic E-state index is 0.0558. The second kappa shape index (κ2) is 12.0. The number of allylic oxidation sites excluding steroid dienone is 1. The van der Waals surface area contributed by atoms with E-state index in [4.69, 9.17) is 11.6 Å². The average molecular weight is 536 g/mol. The number of nitrogens with zero attached hydrogens (tertiary/aromatic N) is 2. The van der Waals surface area contributed by atoms with Gasteiger partial charge in [0.15, 0.2) is 0 Å². The lowest BCUT2D eigenvalue weighted by Crippen LogP contribution is -2.45. The van der Waals surface area contributed by atoms with Crippen molar-refractivity contribution in [2.75, 3.05) is 18.0 Å². The van der Waals surface area contributed by atoms with E-state index in [1.54, 1.807) is 28.7 Å². The number of aryl methyl sites for hydroxylation is 2. The molecule has 1 atom stereocenters. The first-order chi connectivity index (χ1) is 17.8. The third-order valence-corrected chi connectivity index (χ3v) is 9.05. The zero-order valence-electron chi connectivity index (χ0n) is 21.4. The molecule has 0 saturated carbocycles. The molecule has 0 bridgehead atoms. The molecule has 0 amide bonds. The van der Waals surface area contributed by atoms with Crippen LogP contribution in [0.2, 0.25) is 5.02 Å². The average Bonchev–Trinajstić information content (AvgIpc) is 3.06. The molecule has 37 heavy (non-hydrogen) atoms. The van der Waals surface area contributed by atoms with Crippen LogP contribution in [0.25, 0.3) is 0 Å². The van der Waals surface area contributed by atoms with Crippen molar-refractivity contribution in [2.45, 2.75) is 44.2 Å². The lowest BCUT2D eigenvalue weighted by atomic mass is 10.0. The molecule has 3 aromatic rings. The van der Waals surface area contributed by atoms with Gasteiger partial charge in [-0.1, -0.05) is 78.9 Å². The van der Waals surface area contributed by atoms with E-state index in [0.717, 1.165) is 29.8 Å². The van der Waals surface area contributed by atoms with E-state index in [-0.39, 0.29) is 10.9 Å². The fourth-order valence-corrected chi connectivity index (χ4v) is 6.80. The van der Waals surface area contributed by atoms with Gasteiger partial charge in [-0.3, -0.25) is 0 Å². The van der Waals surface area contributed by atoms with Crippen molar-refractivity contribution in [1.82, 2.24) is 9.62 Å². The van der Waals surface area contributed by atoms with Crippen LogP contribution < -0.4 is 10.2 Å². The summed E-state index contributed by atoms with van der Waals surface area (Å²) in [6.45, 7) is 8.90. The normalized spacial score (nSPS) is 16.7. The minimum Gasteiger partial charge on any atom is -0.364 e. The van der Waals surface area contributed by atoms with Crippen molar-refractivity contribution in [1.29, 1.82) is 0 Å². The molecule has 3 aromatic carbocycles. The summed E-state index contributed by atoms with van der Waals surface area (Å²) in [5.74, 6) is 0. The van der Waals surface area contributed by atoms with E-state index in [1.807, 2.05) is 56.3 Å². The number of hydrogen-bond acceptors (Lipinski definition) is 4. The summed E-state index contributed by atoms with van der Waals surface area (Å²) in [6.07, 6.45) is 5.35. The highest BCUT2D eigenvalue weighted by Gasteiger charge is 2.35. The number of para-hydroxylation sites is 1. The molecule has 0 fully saturated rings. The van der Waals surface area contributed by atoms with Crippen LogP contribution in [0.3, 0.4) is 0 Å². The van der Waals surface area contributed by atoms with Crippen LogP contribution in [0.5, 0.6) is 0 Å². The highest BCUT2D eigenvalue weighted by molar-refractivity contribution is 7.89. The Balaban J connectivity index is 1.78. The summed E-state index contributed by atoms with van der Waals surface area (Å²) >= 11 is 6.24. The molecule has 1 N–H and O–H groups in total. The van der Waals surface area contributed by atoms with Crippen molar-refractivity contribution in [3.63, 3.8) is 0 Å². The van der Waals surface area contributed by atoms with Gasteiger partial charge in [-0.25, -0.2) is 8.42 Å². The topological polar surface area (TPSA) is 52.6 Å². The first-order valence-electron chi connectivity index (χ1n) is 12.5. The third kappa shape index (κ3) is 6.27. The minimum atomic E-state index is -3.79. The number of fused-ring (bicyclic) bond motifs is 1. The van der Waals surface area contributed by atoms with Gasteiger partial charge in [-0.15, -0.1) is 0 Å². The molecular formula is C30H34ClN3O2S. The van der Waals surface area contributed by atoms with Crippen molar-refractivity contribution in [3.8, 4) is 0 Å². The summed E-state index contributed by atoms with van der Waals surface area (Å²) in [7, 11) is -3.79. The first kappa shape index (κ1) is 27.0. The van der Waals surface area contributed by atoms with E-state index in [2.05, 4.69) is 35.0 Å². The van der Waals surface area contributed by atoms with Crippen LogP contribution in [-0.2, 0) is 23.0 Å². The van der Waals surface area contributed by atoms with E-state index in [0.29, 0.717) is 30.2 Å². The van der Waals surface area contributed by atoms with Crippen LogP contribution in [0.4, 0.5) is 5.69 Å². The fourth-order valence-electron chi connectivity index (χ4n) is 4.86. The van der Waals surface area contributed by atoms with Gasteiger partial charge in [-0.05, 0) is 67.8 Å². The lowest BCUT2D eigenvalue weighted by molar-refractivity contribution is 0.372. The monoisotopic (exact) mass is 535 g/mol. The van der Waals surface area contributed by atoms with Gasteiger partial charge in [0.2, 0.25) is 10.0 Å². The predicted molar refractivity (Wildman–Crippen MR) is 153 cm³/mol. The lowest BCUT2D eigenvalue weighted by Gasteiger charge is -2.35. The summed E-state index contributed by atoms with van der Waals surface area (Å²) in [5, 5.41) is 3.65. The summed E-state index contributed by atoms with van der Waals surface area (Å²) in [4.78, 5) is 2.60. The van der Waals surface area contributed by atoms with Crippen LogP contribution >= 0.6 is 11.6 Å². The number of nitrogens with one attached hydrogen (secondary N) is 1. The molecule has 0 aromatic heterocycles. The van der Waals surface area contributed by atoms with Crippen molar-refractivity contribution in [3.05, 3.63) is 119 Å². The van der Waals surface area contributed by atoms with Gasteiger partial charge in [0, 0.05) is 35.5 Å². The standard InChI is InChI=1S/C30H34ClN3O2S/c1-4-27(32-5-2)21-34-28(18-16-24-11-7-6-8-12-24)22-33(20-25-13-9-10-14-29(25)34)37(35,36)30-19-26(31)17-15-23(30)3/h4-15,17,19,28,32H,2,16,18,20-22H2,1,3H3/b27-4-. The van der Waals surface area contributed by atoms with E-state index >= 15 is 0 Å². The molecule has 0 aliphatic carbocycles. The molecule has 1 aliphatic heterocycles. The van der Waals surface area contributed by atoms with Gasteiger partial charge in [0.05, 0.1) is 11.4 Å². The molecule has 194 valence electrons. The highest BCUT2D eigenvalue weighted by atomic mass is 35.5. The third-order valence-electron chi connectivity index (χ3n) is 6.86. The van der Waals surface area contributed by atoms with Crippen LogP contribution in [0.1, 0.15) is 30.0 Å². The van der Waals surface area contributed by atoms with Gasteiger partial charge >= 0.3 is 0 Å². The quantitative estimate of drug-likeness (QED) is 0.349. The number of hydrogen-bond donors (Lipinski definition) is 1. The molecule has 4 rings (SSSR count). The van der Waals surface area contributed by atoms with Crippen LogP contribution in [-0.4, -0.2) is 31.9 Å². The number of benzene rings is 3. The maximum absolute atomic E-state index is 14.0. The van der Waals surface area contributed by atoms with E-state index in [1.165, 1.54) is 5.56 Å². The van der Waals surface area contributed by atoms with E-state index in [9.17, 15) is 8.42 Å². The molecule has 0 radical (unpaired) electrons. The smallest absolute Gasteiger partial charge is 0.243 e. The summed E-state index contributed by atoms with van der Waals surface area (Å²) in [5.41, 5.74) is 4.95. The van der Waals surface area contributed by atoms with E-state index < -0.39 is 10.0 Å². The van der Waals surface area contributed by atoms with Gasteiger partial charge in [0.25, 0.3) is 0 Å². The molecule has 1 aliphatic rings. The van der Waals surface area contributed by atoms with Crippen molar-refractivity contribution in [2.24, 2.45) is 0 Å². The molecule has 5 nitrogen and oxygen atoms in total. The summed E-state index contributed by atoms with van der Waals surface area (Å²) < 4.78 is 29.7. The molecule has 0 saturated heterocycles. The zero-order valence-corrected chi connectivity index (χ0v) is 23.0. The molecule has 7 heteroatoms. The molecule has 0 spiro atoms. The number of rotatable bonds is 9. The Morgan fingerprint density at radius 3 is 2.57 bits per heavy atom. The second-order valence-electron chi connectivity index (χ2n) is 9.30. The van der Waals surface area contributed by atoms with Gasteiger partial charge in [-0.2, -0.15) is 4.31 Å². The molecule has 1 unspecified atom stereocenters. The fraction of sp³-hybridized carbons (Fsp3) is 0.267. The number of anilines is 1. The summed E-state index contributed by atoms with van der Waals surface area (Å²) in [6, 6.07) is 23.4. The number of sulfonamides is 1. The van der Waals surface area contributed by atoms with Gasteiger partial charge < -0.3 is 10.2 Å². The second-order valence-corrected chi connectivity index (χ2v) is 11.6. The largest absolute Gasteiger partial charge is 0.364 e. The van der Waals surface area contributed by atoms with Crippen LogP contribution in [0, 0.1) is 6.92 Å². The van der Waals surface area contributed by atoms with Crippen molar-refractivity contribution < 1.29 is 8.42 Å². The zero-order chi connectivity index (χ0) is 26.4. The SMILES string of the molecule is C=CN/C(=C\C)CN1c2ccccc2CN(S(=O)(=O)c2cc(Cl)ccc2C)CC1CCc1ccccc1. The molecular weight excluding hydrogens is 502 g/mol. The maximum atomic E-state index is 14.0.